The number of alkyl halides is 3. The molecule has 0 bridgehead atoms. The van der Waals surface area contributed by atoms with Crippen LogP contribution in [0, 0.1) is 0 Å². The van der Waals surface area contributed by atoms with Crippen LogP contribution in [0.15, 0.2) is 23.8 Å². The second-order valence-corrected chi connectivity index (χ2v) is 3.09. The zero-order valence-electron chi connectivity index (χ0n) is 7.56. The lowest BCUT2D eigenvalue weighted by molar-refractivity contribution is -0.119. The summed E-state index contributed by atoms with van der Waals surface area (Å²) in [5, 5.41) is 2.42. The van der Waals surface area contributed by atoms with Crippen molar-refractivity contribution in [2.45, 2.75) is 25.6 Å². The van der Waals surface area contributed by atoms with Crippen LogP contribution in [0.25, 0.3) is 0 Å². The van der Waals surface area contributed by atoms with Crippen LogP contribution in [0.2, 0.25) is 0 Å². The molecule has 78 valence electrons. The van der Waals surface area contributed by atoms with Gasteiger partial charge in [-0.2, -0.15) is 13.2 Å². The van der Waals surface area contributed by atoms with Crippen LogP contribution < -0.4 is 5.32 Å². The van der Waals surface area contributed by atoms with Crippen molar-refractivity contribution in [2.24, 2.45) is 0 Å². The number of rotatable bonds is 1. The van der Waals surface area contributed by atoms with E-state index in [-0.39, 0.29) is 12.3 Å². The molecule has 0 aromatic heterocycles. The lowest BCUT2D eigenvalue weighted by Crippen LogP contribution is -2.34. The molecule has 5 heteroatoms. The molecule has 0 spiro atoms. The molecule has 0 heterocycles. The summed E-state index contributed by atoms with van der Waals surface area (Å²) in [5.74, 6) is -0.330. The van der Waals surface area contributed by atoms with E-state index < -0.39 is 17.8 Å². The van der Waals surface area contributed by atoms with Crippen molar-refractivity contribution in [3.8, 4) is 0 Å². The quantitative estimate of drug-likeness (QED) is 0.696. The normalized spacial score (nSPS) is 21.7. The molecule has 0 saturated carbocycles. The third kappa shape index (κ3) is 2.90. The first-order valence-corrected chi connectivity index (χ1v) is 4.11. The Balaban J connectivity index is 2.65. The maximum absolute atomic E-state index is 12.2. The molecular weight excluding hydrogens is 195 g/mol. The average Bonchev–Trinajstić information content (AvgIpc) is 2.01. The van der Waals surface area contributed by atoms with Gasteiger partial charge in [0.05, 0.1) is 6.04 Å². The first kappa shape index (κ1) is 10.8. The fourth-order valence-electron chi connectivity index (χ4n) is 1.25. The van der Waals surface area contributed by atoms with E-state index in [1.54, 1.807) is 0 Å². The van der Waals surface area contributed by atoms with Crippen molar-refractivity contribution in [1.82, 2.24) is 5.32 Å². The molecule has 1 unspecified atom stereocenters. The fraction of sp³-hybridized carbons (Fsp3) is 0.444. The first-order chi connectivity index (χ1) is 6.39. The molecule has 1 N–H and O–H groups in total. The van der Waals surface area contributed by atoms with E-state index in [1.807, 2.05) is 0 Å². The molecule has 1 rings (SSSR count). The fourth-order valence-corrected chi connectivity index (χ4v) is 1.25. The van der Waals surface area contributed by atoms with E-state index in [0.29, 0.717) is 0 Å². The van der Waals surface area contributed by atoms with Gasteiger partial charge >= 0.3 is 6.18 Å². The highest BCUT2D eigenvalue weighted by atomic mass is 19.4. The second-order valence-electron chi connectivity index (χ2n) is 3.09. The van der Waals surface area contributed by atoms with Gasteiger partial charge in [-0.05, 0) is 0 Å². The molecule has 14 heavy (non-hydrogen) atoms. The minimum Gasteiger partial charge on any atom is -0.350 e. The second kappa shape index (κ2) is 3.86. The number of carbonyl (C=O) groups is 1. The lowest BCUT2D eigenvalue weighted by atomic mass is 10.0. The molecule has 1 atom stereocenters. The summed E-state index contributed by atoms with van der Waals surface area (Å²) in [5.41, 5.74) is -0.612. The average molecular weight is 205 g/mol. The minimum atomic E-state index is -4.30. The van der Waals surface area contributed by atoms with Gasteiger partial charge in [0, 0.05) is 18.9 Å². The Bertz CT molecular complexity index is 291. The Kier molecular flexibility index (Phi) is 2.98. The van der Waals surface area contributed by atoms with Crippen molar-refractivity contribution < 1.29 is 18.0 Å². The molecule has 2 nitrogen and oxygen atoms in total. The van der Waals surface area contributed by atoms with Gasteiger partial charge in [-0.1, -0.05) is 18.2 Å². The number of amides is 1. The molecule has 0 saturated heterocycles. The van der Waals surface area contributed by atoms with Gasteiger partial charge in [0.15, 0.2) is 0 Å². The summed E-state index contributed by atoms with van der Waals surface area (Å²) in [7, 11) is 0. The largest absolute Gasteiger partial charge is 0.412 e. The maximum atomic E-state index is 12.2. The van der Waals surface area contributed by atoms with Crippen LogP contribution in [0.3, 0.4) is 0 Å². The van der Waals surface area contributed by atoms with E-state index in [9.17, 15) is 18.0 Å². The van der Waals surface area contributed by atoms with Crippen molar-refractivity contribution in [3.05, 3.63) is 23.8 Å². The van der Waals surface area contributed by atoms with Gasteiger partial charge in [-0.25, -0.2) is 0 Å². The van der Waals surface area contributed by atoms with Gasteiger partial charge in [0.2, 0.25) is 5.91 Å². The minimum absolute atomic E-state index is 0.195. The Morgan fingerprint density at radius 3 is 2.71 bits per heavy atom. The van der Waals surface area contributed by atoms with Crippen LogP contribution in [-0.4, -0.2) is 18.1 Å². The monoisotopic (exact) mass is 205 g/mol. The van der Waals surface area contributed by atoms with E-state index in [1.165, 1.54) is 19.1 Å². The maximum Gasteiger partial charge on any atom is 0.412 e. The molecule has 0 radical (unpaired) electrons. The predicted octanol–water partition coefficient (Wildman–Crippen LogP) is 1.94. The highest BCUT2D eigenvalue weighted by Gasteiger charge is 2.35. The van der Waals surface area contributed by atoms with E-state index in [4.69, 9.17) is 0 Å². The summed E-state index contributed by atoms with van der Waals surface area (Å²) in [6.07, 6.45) is -0.622. The van der Waals surface area contributed by atoms with Crippen LogP contribution in [0.5, 0.6) is 0 Å². The molecule has 0 aromatic carbocycles. The molecule has 0 aliphatic heterocycles. The highest BCUT2D eigenvalue weighted by Crippen LogP contribution is 2.30. The van der Waals surface area contributed by atoms with Gasteiger partial charge in [-0.15, -0.1) is 0 Å². The highest BCUT2D eigenvalue weighted by molar-refractivity contribution is 5.73. The summed E-state index contributed by atoms with van der Waals surface area (Å²) >= 11 is 0. The smallest absolute Gasteiger partial charge is 0.350 e. The molecule has 0 fully saturated rings. The van der Waals surface area contributed by atoms with E-state index >= 15 is 0 Å². The van der Waals surface area contributed by atoms with Crippen LogP contribution >= 0.6 is 0 Å². The van der Waals surface area contributed by atoms with Crippen molar-refractivity contribution in [1.29, 1.82) is 0 Å². The number of nitrogens with one attached hydrogen (secondary N) is 1. The van der Waals surface area contributed by atoms with Crippen molar-refractivity contribution in [3.63, 3.8) is 0 Å². The summed E-state index contributed by atoms with van der Waals surface area (Å²) < 4.78 is 36.7. The summed E-state index contributed by atoms with van der Waals surface area (Å²) in [4.78, 5) is 10.6. The van der Waals surface area contributed by atoms with Crippen LogP contribution in [0.1, 0.15) is 13.3 Å². The summed E-state index contributed by atoms with van der Waals surface area (Å²) in [6, 6.07) is -0.547. The zero-order valence-corrected chi connectivity index (χ0v) is 7.56. The number of allylic oxidation sites excluding steroid dienone is 2. The number of carbonyl (C=O) groups excluding carboxylic acids is 1. The molecule has 1 amide bonds. The van der Waals surface area contributed by atoms with Gasteiger partial charge < -0.3 is 5.32 Å². The van der Waals surface area contributed by atoms with E-state index in [0.717, 1.165) is 6.08 Å². The number of hydrogen-bond donors (Lipinski definition) is 1. The van der Waals surface area contributed by atoms with Crippen molar-refractivity contribution >= 4 is 5.91 Å². The van der Waals surface area contributed by atoms with Crippen molar-refractivity contribution in [2.75, 3.05) is 0 Å². The Morgan fingerprint density at radius 2 is 2.21 bits per heavy atom. The topological polar surface area (TPSA) is 29.1 Å². The Morgan fingerprint density at radius 1 is 1.57 bits per heavy atom. The van der Waals surface area contributed by atoms with Gasteiger partial charge in [0.1, 0.15) is 0 Å². The number of halogens is 3. The Hall–Kier alpha value is -1.26. The Labute approximate surface area is 79.5 Å². The third-order valence-corrected chi connectivity index (χ3v) is 1.83. The third-order valence-electron chi connectivity index (χ3n) is 1.83. The standard InChI is InChI=1S/C9H10F3NO/c1-6(14)13-8-4-2-3-7(5-8)9(10,11)12/h2-4,8H,5H2,1H3,(H,13,14). The lowest BCUT2D eigenvalue weighted by Gasteiger charge is -2.20. The number of hydrogen-bond acceptors (Lipinski definition) is 1. The zero-order chi connectivity index (χ0) is 10.8. The summed E-state index contributed by atoms with van der Waals surface area (Å²) in [6.45, 7) is 1.28. The molecular formula is C9H10F3NO. The molecule has 1 aliphatic rings. The van der Waals surface area contributed by atoms with Crippen LogP contribution in [0.4, 0.5) is 13.2 Å². The van der Waals surface area contributed by atoms with Gasteiger partial charge in [-0.3, -0.25) is 4.79 Å². The molecule has 1 aliphatic carbocycles. The first-order valence-electron chi connectivity index (χ1n) is 4.11. The van der Waals surface area contributed by atoms with Gasteiger partial charge in [0.25, 0.3) is 0 Å². The van der Waals surface area contributed by atoms with E-state index in [2.05, 4.69) is 5.32 Å². The van der Waals surface area contributed by atoms with Crippen LogP contribution in [-0.2, 0) is 4.79 Å². The molecule has 0 aromatic rings. The predicted molar refractivity (Wildman–Crippen MR) is 45.5 cm³/mol. The SMILES string of the molecule is CC(=O)NC1C=CC=C(C(F)(F)F)C1.